The third kappa shape index (κ3) is 13.5. The number of alkyl carbamates (subject to hydrolysis) is 2. The van der Waals surface area contributed by atoms with Gasteiger partial charge in [-0.25, -0.2) is 14.4 Å². The Morgan fingerprint density at radius 3 is 2.32 bits per heavy atom. The van der Waals surface area contributed by atoms with Crippen molar-refractivity contribution in [1.82, 2.24) is 10.6 Å². The summed E-state index contributed by atoms with van der Waals surface area (Å²) in [6, 6.07) is 8.47. The molecule has 1 rings (SSSR count). The van der Waals surface area contributed by atoms with Gasteiger partial charge in [0.05, 0.1) is 0 Å². The molecule has 31 heavy (non-hydrogen) atoms. The number of carbonyl (C=O) groups is 4. The Kier molecular flexibility index (Phi) is 10.9. The van der Waals surface area contributed by atoms with Crippen molar-refractivity contribution in [1.29, 1.82) is 0 Å². The van der Waals surface area contributed by atoms with E-state index in [1.807, 2.05) is 18.2 Å². The Morgan fingerprint density at radius 2 is 1.71 bits per heavy atom. The second kappa shape index (κ2) is 13.1. The first-order chi connectivity index (χ1) is 14.5. The number of carbonyl (C=O) groups excluding carboxylic acids is 3. The van der Waals surface area contributed by atoms with Crippen LogP contribution >= 0.6 is 0 Å². The molecule has 0 aliphatic rings. The van der Waals surface area contributed by atoms with E-state index in [-0.39, 0.29) is 19.6 Å². The highest BCUT2D eigenvalue weighted by Gasteiger charge is 2.19. The number of rotatable bonds is 11. The first-order valence-corrected chi connectivity index (χ1v) is 9.86. The lowest BCUT2D eigenvalue weighted by atomic mass is 10.1. The van der Waals surface area contributed by atoms with Crippen molar-refractivity contribution in [3.05, 3.63) is 35.9 Å². The summed E-state index contributed by atoms with van der Waals surface area (Å²) in [5.74, 6) is -0.490. The van der Waals surface area contributed by atoms with E-state index in [4.69, 9.17) is 14.6 Å². The zero-order valence-electron chi connectivity index (χ0n) is 18.0. The first-order valence-electron chi connectivity index (χ1n) is 9.86. The van der Waals surface area contributed by atoms with Crippen molar-refractivity contribution in [3.63, 3.8) is 0 Å². The topological polar surface area (TPSA) is 140 Å². The molecule has 172 valence electrons. The van der Waals surface area contributed by atoms with Crippen LogP contribution in [0.5, 0.6) is 0 Å². The molecule has 0 fully saturated rings. The van der Waals surface area contributed by atoms with Gasteiger partial charge in [0.1, 0.15) is 12.2 Å². The standard InChI is InChI=1S/C21H30N2O8/c1-21(2,3)31-18(25)22-11-7-10-16(12-17(24)14-30-20(27)28)23-19(26)29-13-15-8-5-4-6-9-15/h4-6,8-9,16H,7,10-14H2,1-3H3,(H,22,25)(H,23,26)(H,27,28)/t16-/m0/s1. The molecule has 0 heterocycles. The van der Waals surface area contributed by atoms with E-state index >= 15 is 0 Å². The Balaban J connectivity index is 2.51. The lowest BCUT2D eigenvalue weighted by molar-refractivity contribution is -0.123. The number of carboxylic acid groups (broad SMARTS) is 1. The van der Waals surface area contributed by atoms with Crippen LogP contribution in [-0.2, 0) is 25.6 Å². The summed E-state index contributed by atoms with van der Waals surface area (Å²) in [4.78, 5) is 46.2. The number of ether oxygens (including phenoxy) is 3. The van der Waals surface area contributed by atoms with Gasteiger partial charge in [-0.2, -0.15) is 0 Å². The van der Waals surface area contributed by atoms with E-state index in [0.29, 0.717) is 12.8 Å². The van der Waals surface area contributed by atoms with Gasteiger partial charge in [-0.05, 0) is 39.2 Å². The fourth-order valence-corrected chi connectivity index (χ4v) is 2.49. The van der Waals surface area contributed by atoms with Gasteiger partial charge in [0.2, 0.25) is 0 Å². The minimum Gasteiger partial charge on any atom is -0.450 e. The summed E-state index contributed by atoms with van der Waals surface area (Å²) in [5, 5.41) is 13.7. The van der Waals surface area contributed by atoms with Gasteiger partial charge in [-0.3, -0.25) is 4.79 Å². The Bertz CT molecular complexity index is 731. The van der Waals surface area contributed by atoms with Crippen molar-refractivity contribution in [2.24, 2.45) is 0 Å². The van der Waals surface area contributed by atoms with E-state index in [1.165, 1.54) is 0 Å². The van der Waals surface area contributed by atoms with Gasteiger partial charge in [0.15, 0.2) is 12.4 Å². The molecular formula is C21H30N2O8. The second-order valence-electron chi connectivity index (χ2n) is 7.77. The number of nitrogens with one attached hydrogen (secondary N) is 2. The van der Waals surface area contributed by atoms with Gasteiger partial charge in [0.25, 0.3) is 0 Å². The first kappa shape index (κ1) is 25.7. The van der Waals surface area contributed by atoms with Crippen molar-refractivity contribution >= 4 is 24.1 Å². The molecule has 0 aliphatic heterocycles. The van der Waals surface area contributed by atoms with Crippen molar-refractivity contribution < 1.29 is 38.5 Å². The van der Waals surface area contributed by atoms with Crippen LogP contribution in [0.2, 0.25) is 0 Å². The summed E-state index contributed by atoms with van der Waals surface area (Å²) in [6.07, 6.45) is -2.18. The number of benzene rings is 1. The molecule has 1 aromatic carbocycles. The maximum Gasteiger partial charge on any atom is 0.506 e. The zero-order valence-corrected chi connectivity index (χ0v) is 18.0. The van der Waals surface area contributed by atoms with Crippen LogP contribution in [0.1, 0.15) is 45.6 Å². The number of hydrogen-bond donors (Lipinski definition) is 3. The largest absolute Gasteiger partial charge is 0.506 e. The minimum absolute atomic E-state index is 0.0651. The molecule has 0 spiro atoms. The molecule has 0 saturated carbocycles. The molecule has 2 amide bonds. The highest BCUT2D eigenvalue weighted by molar-refractivity contribution is 5.82. The molecule has 10 nitrogen and oxygen atoms in total. The second-order valence-corrected chi connectivity index (χ2v) is 7.77. The summed E-state index contributed by atoms with van der Waals surface area (Å²) >= 11 is 0. The smallest absolute Gasteiger partial charge is 0.450 e. The third-order valence-corrected chi connectivity index (χ3v) is 3.76. The fourth-order valence-electron chi connectivity index (χ4n) is 2.49. The monoisotopic (exact) mass is 438 g/mol. The third-order valence-electron chi connectivity index (χ3n) is 3.76. The van der Waals surface area contributed by atoms with Crippen molar-refractivity contribution in [3.8, 4) is 0 Å². The van der Waals surface area contributed by atoms with Crippen LogP contribution in [0.3, 0.4) is 0 Å². The Morgan fingerprint density at radius 1 is 1.03 bits per heavy atom. The molecule has 0 radical (unpaired) electrons. The number of hydrogen-bond acceptors (Lipinski definition) is 7. The van der Waals surface area contributed by atoms with E-state index in [2.05, 4.69) is 15.4 Å². The summed E-state index contributed by atoms with van der Waals surface area (Å²) in [5.41, 5.74) is 0.189. The highest BCUT2D eigenvalue weighted by Crippen LogP contribution is 2.08. The normalized spacial score (nSPS) is 11.7. The number of amides is 2. The van der Waals surface area contributed by atoms with Crippen molar-refractivity contribution in [2.75, 3.05) is 13.2 Å². The summed E-state index contributed by atoms with van der Waals surface area (Å²) < 4.78 is 14.6. The summed E-state index contributed by atoms with van der Waals surface area (Å²) in [7, 11) is 0. The molecule has 0 saturated heterocycles. The molecule has 10 heteroatoms. The SMILES string of the molecule is CC(C)(C)OC(=O)NCCC[C@@H](CC(=O)COC(=O)O)NC(=O)OCc1ccccc1. The summed E-state index contributed by atoms with van der Waals surface area (Å²) in [6.45, 7) is 4.97. The van der Waals surface area contributed by atoms with Crippen molar-refractivity contribution in [2.45, 2.75) is 58.3 Å². The molecular weight excluding hydrogens is 408 g/mol. The van der Waals surface area contributed by atoms with E-state index in [9.17, 15) is 19.2 Å². The molecule has 1 atom stereocenters. The zero-order chi connectivity index (χ0) is 23.3. The van der Waals surface area contributed by atoms with Crippen LogP contribution in [0.25, 0.3) is 0 Å². The molecule has 1 aromatic rings. The van der Waals surface area contributed by atoms with E-state index in [1.54, 1.807) is 32.9 Å². The lowest BCUT2D eigenvalue weighted by Crippen LogP contribution is -2.38. The Labute approximate surface area is 181 Å². The maximum atomic E-state index is 12.1. The quantitative estimate of drug-likeness (QED) is 0.272. The Hall–Kier alpha value is -3.30. The van der Waals surface area contributed by atoms with Gasteiger partial charge >= 0.3 is 18.3 Å². The number of Topliss-reactive ketones (excluding diaryl/α,β-unsaturated/α-hetero) is 1. The van der Waals surface area contributed by atoms with Crippen LogP contribution < -0.4 is 10.6 Å². The highest BCUT2D eigenvalue weighted by atomic mass is 16.7. The maximum absolute atomic E-state index is 12.1. The van der Waals surface area contributed by atoms with Crippen LogP contribution in [0.15, 0.2) is 30.3 Å². The fraction of sp³-hybridized carbons (Fsp3) is 0.524. The van der Waals surface area contributed by atoms with Crippen LogP contribution in [0.4, 0.5) is 14.4 Å². The van der Waals surface area contributed by atoms with Gasteiger partial charge in [-0.15, -0.1) is 0 Å². The van der Waals surface area contributed by atoms with Crippen LogP contribution in [-0.4, -0.2) is 54.0 Å². The lowest BCUT2D eigenvalue weighted by Gasteiger charge is -2.20. The predicted molar refractivity (Wildman–Crippen MR) is 111 cm³/mol. The van der Waals surface area contributed by atoms with E-state index in [0.717, 1.165) is 5.56 Å². The average molecular weight is 438 g/mol. The van der Waals surface area contributed by atoms with Gasteiger partial charge < -0.3 is 30.0 Å². The average Bonchev–Trinajstić information content (AvgIpc) is 2.67. The van der Waals surface area contributed by atoms with Gasteiger partial charge in [0, 0.05) is 19.0 Å². The number of ketones is 1. The molecule has 0 aliphatic carbocycles. The predicted octanol–water partition coefficient (Wildman–Crippen LogP) is 3.24. The van der Waals surface area contributed by atoms with Gasteiger partial charge in [-0.1, -0.05) is 30.3 Å². The molecule has 0 unspecified atom stereocenters. The molecule has 0 aromatic heterocycles. The molecule has 3 N–H and O–H groups in total. The molecule has 0 bridgehead atoms. The minimum atomic E-state index is -1.55. The van der Waals surface area contributed by atoms with Crippen LogP contribution in [0, 0.1) is 0 Å². The van der Waals surface area contributed by atoms with E-state index < -0.39 is 42.4 Å².